The molecule has 1 aromatic rings. The summed E-state index contributed by atoms with van der Waals surface area (Å²) in [6, 6.07) is 6.88. The molecule has 0 bridgehead atoms. The lowest BCUT2D eigenvalue weighted by atomic mass is 9.97. The smallest absolute Gasteiger partial charge is 0.237 e. The Hall–Kier alpha value is -1.00. The van der Waals surface area contributed by atoms with Gasteiger partial charge in [0.2, 0.25) is 5.91 Å². The van der Waals surface area contributed by atoms with E-state index in [0.29, 0.717) is 5.25 Å². The number of hydrogen-bond donors (Lipinski definition) is 2. The van der Waals surface area contributed by atoms with Crippen LogP contribution >= 0.6 is 11.8 Å². The summed E-state index contributed by atoms with van der Waals surface area (Å²) >= 11 is 1.92. The molecule has 3 nitrogen and oxygen atoms in total. The number of carbonyl (C=O) groups excluding carboxylic acids is 1. The summed E-state index contributed by atoms with van der Waals surface area (Å²) in [6.07, 6.45) is 6.50. The number of likely N-dealkylation sites (N-methyl/N-ethyl adjacent to an activating group) is 1. The Bertz CT molecular complexity index is 546. The van der Waals surface area contributed by atoms with Gasteiger partial charge in [-0.3, -0.25) is 4.79 Å². The highest BCUT2D eigenvalue weighted by Crippen LogP contribution is 2.41. The summed E-state index contributed by atoms with van der Waals surface area (Å²) in [5.74, 6) is -0.193. The van der Waals surface area contributed by atoms with Crippen molar-refractivity contribution in [2.45, 2.75) is 61.1 Å². The molecule has 114 valence electrons. The topological polar surface area (TPSA) is 55.1 Å². The number of amides is 1. The van der Waals surface area contributed by atoms with Gasteiger partial charge in [0.05, 0.1) is 5.54 Å². The van der Waals surface area contributed by atoms with Gasteiger partial charge < -0.3 is 11.1 Å². The summed E-state index contributed by atoms with van der Waals surface area (Å²) in [5, 5.41) is 3.81. The number of primary amides is 1. The molecule has 0 saturated heterocycles. The van der Waals surface area contributed by atoms with E-state index < -0.39 is 5.54 Å². The van der Waals surface area contributed by atoms with E-state index in [0.717, 1.165) is 25.8 Å². The van der Waals surface area contributed by atoms with E-state index in [-0.39, 0.29) is 5.91 Å². The van der Waals surface area contributed by atoms with E-state index in [2.05, 4.69) is 23.5 Å². The van der Waals surface area contributed by atoms with Crippen molar-refractivity contribution in [2.75, 3.05) is 6.54 Å². The highest BCUT2D eigenvalue weighted by Gasteiger charge is 2.43. The van der Waals surface area contributed by atoms with E-state index in [4.69, 9.17) is 5.73 Å². The van der Waals surface area contributed by atoms with Crippen molar-refractivity contribution < 1.29 is 4.79 Å². The SMILES string of the molecule is CCNC1(C(N)=O)CCC(Sc2ccc3c(c2)CCC3)C1. The van der Waals surface area contributed by atoms with E-state index in [1.54, 1.807) is 0 Å². The largest absolute Gasteiger partial charge is 0.368 e. The fraction of sp³-hybridized carbons (Fsp3) is 0.588. The molecule has 2 aliphatic rings. The van der Waals surface area contributed by atoms with Gasteiger partial charge in [-0.2, -0.15) is 0 Å². The molecule has 2 aliphatic carbocycles. The Kier molecular flexibility index (Phi) is 4.27. The number of hydrogen-bond acceptors (Lipinski definition) is 3. The fourth-order valence-electron chi connectivity index (χ4n) is 3.72. The first-order valence-corrected chi connectivity index (χ1v) is 8.84. The predicted octanol–water partition coefficient (Wildman–Crippen LogP) is 2.65. The van der Waals surface area contributed by atoms with Crippen molar-refractivity contribution in [2.24, 2.45) is 5.73 Å². The molecule has 1 fully saturated rings. The number of nitrogens with one attached hydrogen (secondary N) is 1. The molecule has 3 N–H and O–H groups in total. The summed E-state index contributed by atoms with van der Waals surface area (Å²) in [5.41, 5.74) is 8.19. The maximum atomic E-state index is 11.8. The van der Waals surface area contributed by atoms with Gasteiger partial charge in [-0.1, -0.05) is 13.0 Å². The predicted molar refractivity (Wildman–Crippen MR) is 87.6 cm³/mol. The third kappa shape index (κ3) is 2.97. The van der Waals surface area contributed by atoms with Crippen LogP contribution in [0.5, 0.6) is 0 Å². The number of rotatable bonds is 5. The summed E-state index contributed by atoms with van der Waals surface area (Å²) in [4.78, 5) is 13.2. The van der Waals surface area contributed by atoms with Crippen LogP contribution in [-0.2, 0) is 17.6 Å². The number of thioether (sulfide) groups is 1. The number of benzene rings is 1. The average molecular weight is 304 g/mol. The van der Waals surface area contributed by atoms with Crippen molar-refractivity contribution in [3.63, 3.8) is 0 Å². The second-order valence-corrected chi connectivity index (χ2v) is 7.62. The third-order valence-electron chi connectivity index (χ3n) is 4.83. The highest BCUT2D eigenvalue weighted by molar-refractivity contribution is 8.00. The quantitative estimate of drug-likeness (QED) is 0.879. The summed E-state index contributed by atoms with van der Waals surface area (Å²) in [7, 11) is 0. The van der Waals surface area contributed by atoms with Crippen LogP contribution in [0.1, 0.15) is 43.7 Å². The molecule has 0 aliphatic heterocycles. The Morgan fingerprint density at radius 1 is 1.43 bits per heavy atom. The molecule has 0 spiro atoms. The molecular formula is C17H24N2OS. The van der Waals surface area contributed by atoms with Crippen molar-refractivity contribution in [1.82, 2.24) is 5.32 Å². The standard InChI is InChI=1S/C17H24N2OS/c1-2-19-17(16(18)20)9-8-15(11-17)21-14-7-6-12-4-3-5-13(12)10-14/h6-7,10,15,19H,2-5,8-9,11H2,1H3,(H2,18,20). The number of nitrogens with two attached hydrogens (primary N) is 1. The summed E-state index contributed by atoms with van der Waals surface area (Å²) in [6.45, 7) is 2.82. The molecule has 4 heteroatoms. The van der Waals surface area contributed by atoms with Crippen molar-refractivity contribution >= 4 is 17.7 Å². The molecule has 0 radical (unpaired) electrons. The monoisotopic (exact) mass is 304 g/mol. The minimum atomic E-state index is -0.483. The van der Waals surface area contributed by atoms with Crippen LogP contribution in [0.2, 0.25) is 0 Å². The van der Waals surface area contributed by atoms with Crippen LogP contribution in [0, 0.1) is 0 Å². The molecule has 0 heterocycles. The molecular weight excluding hydrogens is 280 g/mol. The van der Waals surface area contributed by atoms with Crippen LogP contribution in [0.3, 0.4) is 0 Å². The number of fused-ring (bicyclic) bond motifs is 1. The molecule has 21 heavy (non-hydrogen) atoms. The van der Waals surface area contributed by atoms with E-state index in [1.807, 2.05) is 18.7 Å². The van der Waals surface area contributed by atoms with Crippen molar-refractivity contribution in [3.05, 3.63) is 29.3 Å². The third-order valence-corrected chi connectivity index (χ3v) is 6.09. The zero-order valence-electron chi connectivity index (χ0n) is 12.7. The number of aryl methyl sites for hydroxylation is 2. The van der Waals surface area contributed by atoms with Gasteiger partial charge in [0, 0.05) is 10.1 Å². The molecule has 1 aromatic carbocycles. The van der Waals surface area contributed by atoms with Gasteiger partial charge in [-0.15, -0.1) is 11.8 Å². The highest BCUT2D eigenvalue weighted by atomic mass is 32.2. The minimum absolute atomic E-state index is 0.193. The van der Waals surface area contributed by atoms with Crippen LogP contribution < -0.4 is 11.1 Å². The minimum Gasteiger partial charge on any atom is -0.368 e. The Morgan fingerprint density at radius 3 is 3.00 bits per heavy atom. The Morgan fingerprint density at radius 2 is 2.24 bits per heavy atom. The molecule has 2 unspecified atom stereocenters. The van der Waals surface area contributed by atoms with Gasteiger partial charge >= 0.3 is 0 Å². The van der Waals surface area contributed by atoms with Crippen molar-refractivity contribution in [3.8, 4) is 0 Å². The van der Waals surface area contributed by atoms with E-state index in [1.165, 1.54) is 35.3 Å². The second kappa shape index (κ2) is 6.01. The second-order valence-electron chi connectivity index (χ2n) is 6.24. The van der Waals surface area contributed by atoms with E-state index in [9.17, 15) is 4.79 Å². The molecule has 3 rings (SSSR count). The maximum Gasteiger partial charge on any atom is 0.237 e. The lowest BCUT2D eigenvalue weighted by Gasteiger charge is -2.26. The number of carbonyl (C=O) groups is 1. The fourth-order valence-corrected chi connectivity index (χ4v) is 5.07. The van der Waals surface area contributed by atoms with Crippen LogP contribution in [0.15, 0.2) is 23.1 Å². The van der Waals surface area contributed by atoms with Crippen LogP contribution in [0.4, 0.5) is 0 Å². The van der Waals surface area contributed by atoms with Gasteiger partial charge in [-0.05, 0) is 68.3 Å². The van der Waals surface area contributed by atoms with Crippen molar-refractivity contribution in [1.29, 1.82) is 0 Å². The first-order valence-electron chi connectivity index (χ1n) is 7.96. The van der Waals surface area contributed by atoms with Crippen LogP contribution in [-0.4, -0.2) is 23.2 Å². The average Bonchev–Trinajstić information content (AvgIpc) is 3.06. The molecule has 1 amide bonds. The molecule has 0 aromatic heterocycles. The maximum absolute atomic E-state index is 11.8. The molecule has 2 atom stereocenters. The lowest BCUT2D eigenvalue weighted by Crippen LogP contribution is -2.53. The van der Waals surface area contributed by atoms with Gasteiger partial charge in [0.25, 0.3) is 0 Å². The lowest BCUT2D eigenvalue weighted by molar-refractivity contribution is -0.124. The first-order chi connectivity index (χ1) is 10.1. The van der Waals surface area contributed by atoms with Gasteiger partial charge in [-0.25, -0.2) is 0 Å². The summed E-state index contributed by atoms with van der Waals surface area (Å²) < 4.78 is 0. The zero-order valence-corrected chi connectivity index (χ0v) is 13.5. The Balaban J connectivity index is 1.68. The normalized spacial score (nSPS) is 27.8. The van der Waals surface area contributed by atoms with Gasteiger partial charge in [0.1, 0.15) is 0 Å². The van der Waals surface area contributed by atoms with E-state index >= 15 is 0 Å². The van der Waals surface area contributed by atoms with Crippen LogP contribution in [0.25, 0.3) is 0 Å². The Labute approximate surface area is 131 Å². The first kappa shape index (κ1) is 14.9. The molecule has 1 saturated carbocycles. The zero-order chi connectivity index (χ0) is 14.9. The van der Waals surface area contributed by atoms with Gasteiger partial charge in [0.15, 0.2) is 0 Å².